The number of aromatic nitrogens is 3. The van der Waals surface area contributed by atoms with E-state index in [4.69, 9.17) is 5.84 Å². The monoisotopic (exact) mass is 462 g/mol. The Morgan fingerprint density at radius 2 is 1.81 bits per heavy atom. The molecule has 2 N–H and O–H groups in total. The molecule has 0 fully saturated rings. The first-order valence-corrected chi connectivity index (χ1v) is 11.9. The molecule has 0 unspecified atom stereocenters. The highest BCUT2D eigenvalue weighted by Gasteiger charge is 2.23. The fourth-order valence-electron chi connectivity index (χ4n) is 2.94. The summed E-state index contributed by atoms with van der Waals surface area (Å²) in [6.45, 7) is 4.32. The molecule has 1 aromatic heterocycles. The minimum atomic E-state index is -3.61. The number of nitrogens with zero attached hydrogens (tertiary/aromatic N) is 5. The molecule has 0 aliphatic carbocycles. The number of rotatable bonds is 9. The molecule has 3 rings (SSSR count). The molecule has 0 aliphatic heterocycles. The molecule has 0 radical (unpaired) electrons. The van der Waals surface area contributed by atoms with E-state index in [2.05, 4.69) is 10.2 Å². The van der Waals surface area contributed by atoms with E-state index < -0.39 is 14.9 Å². The SMILES string of the molecule is CCN(CC)S(=O)(=O)c1cccc(-c2nnc(SCc3ccc([N+](=O)[O-])cc3)n2N)c1. The molecule has 0 bridgehead atoms. The van der Waals surface area contributed by atoms with Crippen molar-refractivity contribution in [3.8, 4) is 11.4 Å². The van der Waals surface area contributed by atoms with E-state index in [9.17, 15) is 18.5 Å². The molecular weight excluding hydrogens is 440 g/mol. The molecule has 1 heterocycles. The van der Waals surface area contributed by atoms with Gasteiger partial charge in [-0.3, -0.25) is 10.1 Å². The van der Waals surface area contributed by atoms with Crippen LogP contribution in [0, 0.1) is 10.1 Å². The van der Waals surface area contributed by atoms with Crippen molar-refractivity contribution in [3.05, 3.63) is 64.2 Å². The molecule has 164 valence electrons. The molecule has 0 aliphatic rings. The third kappa shape index (κ3) is 4.86. The first kappa shape index (κ1) is 22.7. The van der Waals surface area contributed by atoms with E-state index in [0.717, 1.165) is 5.56 Å². The number of benzene rings is 2. The van der Waals surface area contributed by atoms with Crippen LogP contribution in [0.3, 0.4) is 0 Å². The second kappa shape index (κ2) is 9.45. The average molecular weight is 463 g/mol. The van der Waals surface area contributed by atoms with Crippen LogP contribution in [0.2, 0.25) is 0 Å². The van der Waals surface area contributed by atoms with Gasteiger partial charge in [-0.25, -0.2) is 13.1 Å². The van der Waals surface area contributed by atoms with Crippen molar-refractivity contribution in [3.63, 3.8) is 0 Å². The zero-order valence-electron chi connectivity index (χ0n) is 17.0. The molecule has 0 amide bonds. The summed E-state index contributed by atoms with van der Waals surface area (Å²) in [7, 11) is -3.61. The lowest BCUT2D eigenvalue weighted by Crippen LogP contribution is -2.30. The zero-order chi connectivity index (χ0) is 22.6. The number of sulfonamides is 1. The van der Waals surface area contributed by atoms with Crippen molar-refractivity contribution in [1.29, 1.82) is 0 Å². The molecule has 3 aromatic rings. The zero-order valence-corrected chi connectivity index (χ0v) is 18.6. The predicted molar refractivity (Wildman–Crippen MR) is 118 cm³/mol. The van der Waals surface area contributed by atoms with Crippen molar-refractivity contribution in [2.45, 2.75) is 29.7 Å². The Morgan fingerprint density at radius 3 is 2.42 bits per heavy atom. The third-order valence-corrected chi connectivity index (χ3v) is 7.68. The molecular formula is C19H22N6O4S2. The second-order valence-corrected chi connectivity index (χ2v) is 9.39. The van der Waals surface area contributed by atoms with Crippen molar-refractivity contribution in [2.24, 2.45) is 0 Å². The topological polar surface area (TPSA) is 137 Å². The van der Waals surface area contributed by atoms with Crippen LogP contribution in [-0.4, -0.2) is 45.6 Å². The Morgan fingerprint density at radius 1 is 1.13 bits per heavy atom. The van der Waals surface area contributed by atoms with E-state index in [1.165, 1.54) is 38.9 Å². The highest BCUT2D eigenvalue weighted by molar-refractivity contribution is 7.98. The summed E-state index contributed by atoms with van der Waals surface area (Å²) >= 11 is 1.32. The third-order valence-electron chi connectivity index (χ3n) is 4.62. The summed E-state index contributed by atoms with van der Waals surface area (Å²) in [4.78, 5) is 10.5. The fraction of sp³-hybridized carbons (Fsp3) is 0.263. The highest BCUT2D eigenvalue weighted by Crippen LogP contribution is 2.27. The molecule has 0 atom stereocenters. The lowest BCUT2D eigenvalue weighted by molar-refractivity contribution is -0.384. The fourth-order valence-corrected chi connectivity index (χ4v) is 5.26. The molecule has 0 saturated heterocycles. The van der Waals surface area contributed by atoms with Gasteiger partial charge in [-0.15, -0.1) is 10.2 Å². The van der Waals surface area contributed by atoms with E-state index in [1.54, 1.807) is 44.2 Å². The number of nitro benzene ring substituents is 1. The van der Waals surface area contributed by atoms with Gasteiger partial charge in [-0.1, -0.05) is 49.9 Å². The first-order valence-electron chi connectivity index (χ1n) is 9.45. The molecule has 0 saturated carbocycles. The van der Waals surface area contributed by atoms with E-state index >= 15 is 0 Å². The van der Waals surface area contributed by atoms with Gasteiger partial charge < -0.3 is 5.84 Å². The summed E-state index contributed by atoms with van der Waals surface area (Å²) < 4.78 is 28.3. The van der Waals surface area contributed by atoms with Crippen LogP contribution in [0.15, 0.2) is 58.6 Å². The predicted octanol–water partition coefficient (Wildman–Crippen LogP) is 2.89. The maximum absolute atomic E-state index is 12.8. The first-order chi connectivity index (χ1) is 14.8. The van der Waals surface area contributed by atoms with Crippen LogP contribution < -0.4 is 5.84 Å². The van der Waals surface area contributed by atoms with Gasteiger partial charge in [-0.05, 0) is 17.7 Å². The Balaban J connectivity index is 1.81. The van der Waals surface area contributed by atoms with Gasteiger partial charge >= 0.3 is 0 Å². The van der Waals surface area contributed by atoms with E-state index in [1.807, 2.05) is 0 Å². The lowest BCUT2D eigenvalue weighted by atomic mass is 10.2. The minimum Gasteiger partial charge on any atom is -0.335 e. The van der Waals surface area contributed by atoms with Crippen molar-refractivity contribution >= 4 is 27.5 Å². The van der Waals surface area contributed by atoms with E-state index in [0.29, 0.717) is 35.4 Å². The van der Waals surface area contributed by atoms with Crippen LogP contribution in [0.1, 0.15) is 19.4 Å². The number of hydrogen-bond acceptors (Lipinski definition) is 8. The maximum atomic E-state index is 12.8. The Kier molecular flexibility index (Phi) is 6.93. The van der Waals surface area contributed by atoms with Crippen LogP contribution >= 0.6 is 11.8 Å². The number of non-ortho nitro benzene ring substituents is 1. The largest absolute Gasteiger partial charge is 0.335 e. The van der Waals surface area contributed by atoms with Gasteiger partial charge in [0.25, 0.3) is 5.69 Å². The maximum Gasteiger partial charge on any atom is 0.269 e. The van der Waals surface area contributed by atoms with Crippen LogP contribution in [0.25, 0.3) is 11.4 Å². The number of nitrogen functional groups attached to an aromatic ring is 1. The standard InChI is InChI=1S/C19H22N6O4S2/c1-3-23(4-2)31(28,29)17-7-5-6-15(12-17)18-21-22-19(24(18)20)30-13-14-8-10-16(11-9-14)25(26)27/h5-12H,3-4,13,20H2,1-2H3. The average Bonchev–Trinajstić information content (AvgIpc) is 3.13. The molecule has 0 spiro atoms. The summed E-state index contributed by atoms with van der Waals surface area (Å²) in [5, 5.41) is 19.4. The Bertz CT molecular complexity index is 1170. The Hall–Kier alpha value is -2.96. The van der Waals surface area contributed by atoms with Crippen LogP contribution in [0.4, 0.5) is 5.69 Å². The molecule has 10 nitrogen and oxygen atoms in total. The van der Waals surface area contributed by atoms with Crippen molar-refractivity contribution in [1.82, 2.24) is 19.2 Å². The van der Waals surface area contributed by atoms with E-state index in [-0.39, 0.29) is 10.6 Å². The number of nitro groups is 1. The van der Waals surface area contributed by atoms with Crippen molar-refractivity contribution in [2.75, 3.05) is 18.9 Å². The molecule has 2 aromatic carbocycles. The smallest absolute Gasteiger partial charge is 0.269 e. The van der Waals surface area contributed by atoms with Gasteiger partial charge in [0.15, 0.2) is 5.82 Å². The van der Waals surface area contributed by atoms with Crippen LogP contribution in [0.5, 0.6) is 0 Å². The quantitative estimate of drug-likeness (QED) is 0.222. The van der Waals surface area contributed by atoms with Gasteiger partial charge in [-0.2, -0.15) is 4.31 Å². The summed E-state index contributed by atoms with van der Waals surface area (Å²) in [5.41, 5.74) is 1.43. The van der Waals surface area contributed by atoms with Crippen molar-refractivity contribution < 1.29 is 13.3 Å². The number of hydrogen-bond donors (Lipinski definition) is 1. The molecule has 31 heavy (non-hydrogen) atoms. The number of thioether (sulfide) groups is 1. The minimum absolute atomic E-state index is 0.0255. The highest BCUT2D eigenvalue weighted by atomic mass is 32.2. The summed E-state index contributed by atoms with van der Waals surface area (Å²) in [6.07, 6.45) is 0. The normalized spacial score (nSPS) is 11.7. The van der Waals surface area contributed by atoms with Gasteiger partial charge in [0, 0.05) is 36.5 Å². The molecule has 12 heteroatoms. The van der Waals surface area contributed by atoms with Gasteiger partial charge in [0.2, 0.25) is 15.2 Å². The Labute approximate surface area is 184 Å². The van der Waals surface area contributed by atoms with Gasteiger partial charge in [0.1, 0.15) is 0 Å². The van der Waals surface area contributed by atoms with Crippen LogP contribution in [-0.2, 0) is 15.8 Å². The summed E-state index contributed by atoms with van der Waals surface area (Å²) in [5.74, 6) is 6.98. The second-order valence-electron chi connectivity index (χ2n) is 6.51. The lowest BCUT2D eigenvalue weighted by Gasteiger charge is -2.18. The number of nitrogens with two attached hydrogens (primary N) is 1. The van der Waals surface area contributed by atoms with Gasteiger partial charge in [0.05, 0.1) is 9.82 Å². The summed E-state index contributed by atoms with van der Waals surface area (Å²) in [6, 6.07) is 12.7.